The standard InChI is InChI=1S/C13H8ClN3OS/c14-10-8-11(19-13-15-6-7-18-13)17-12(16-10)9-4-2-1-3-5-9/h1-8H. The predicted octanol–water partition coefficient (Wildman–Crippen LogP) is 3.94. The van der Waals surface area contributed by atoms with Crippen molar-refractivity contribution >= 4 is 23.4 Å². The lowest BCUT2D eigenvalue weighted by molar-refractivity contribution is 0.454. The fraction of sp³-hybridized carbons (Fsp3) is 0. The molecule has 0 unspecified atom stereocenters. The molecule has 2 aromatic heterocycles. The molecular weight excluding hydrogens is 282 g/mol. The minimum atomic E-state index is 0.392. The van der Waals surface area contributed by atoms with Crippen LogP contribution in [0.1, 0.15) is 0 Å². The number of hydrogen-bond acceptors (Lipinski definition) is 5. The molecule has 0 spiro atoms. The molecule has 2 heterocycles. The van der Waals surface area contributed by atoms with E-state index in [2.05, 4.69) is 15.0 Å². The zero-order chi connectivity index (χ0) is 13.1. The minimum absolute atomic E-state index is 0.392. The van der Waals surface area contributed by atoms with Crippen LogP contribution in [0.25, 0.3) is 11.4 Å². The van der Waals surface area contributed by atoms with Crippen molar-refractivity contribution in [2.24, 2.45) is 0 Å². The van der Waals surface area contributed by atoms with Crippen LogP contribution in [-0.2, 0) is 0 Å². The Morgan fingerprint density at radius 1 is 1.11 bits per heavy atom. The molecular formula is C13H8ClN3OS. The topological polar surface area (TPSA) is 51.8 Å². The monoisotopic (exact) mass is 289 g/mol. The van der Waals surface area contributed by atoms with Crippen molar-refractivity contribution in [1.29, 1.82) is 0 Å². The van der Waals surface area contributed by atoms with Crippen molar-refractivity contribution in [3.05, 3.63) is 54.0 Å². The molecule has 0 atom stereocenters. The third-order valence-corrected chi connectivity index (χ3v) is 3.29. The highest BCUT2D eigenvalue weighted by atomic mass is 35.5. The Bertz CT molecular complexity index is 674. The average Bonchev–Trinajstić information content (AvgIpc) is 2.92. The summed E-state index contributed by atoms with van der Waals surface area (Å²) in [6.45, 7) is 0. The first-order valence-corrected chi connectivity index (χ1v) is 6.68. The van der Waals surface area contributed by atoms with E-state index in [1.165, 1.54) is 18.0 Å². The third kappa shape index (κ3) is 2.94. The van der Waals surface area contributed by atoms with Crippen LogP contribution in [0.3, 0.4) is 0 Å². The summed E-state index contributed by atoms with van der Waals surface area (Å²) in [6.07, 6.45) is 3.10. The lowest BCUT2D eigenvalue weighted by Crippen LogP contribution is -1.91. The summed E-state index contributed by atoms with van der Waals surface area (Å²) < 4.78 is 5.17. The van der Waals surface area contributed by atoms with E-state index in [1.807, 2.05) is 30.3 Å². The number of rotatable bonds is 3. The predicted molar refractivity (Wildman–Crippen MR) is 73.1 cm³/mol. The van der Waals surface area contributed by atoms with Crippen LogP contribution in [0, 0.1) is 0 Å². The third-order valence-electron chi connectivity index (χ3n) is 2.30. The number of nitrogens with zero attached hydrogens (tertiary/aromatic N) is 3. The second-order valence-corrected chi connectivity index (χ2v) is 4.98. The molecule has 0 bridgehead atoms. The highest BCUT2D eigenvalue weighted by molar-refractivity contribution is 7.99. The number of aromatic nitrogens is 3. The van der Waals surface area contributed by atoms with Crippen LogP contribution in [0.2, 0.25) is 5.15 Å². The summed E-state index contributed by atoms with van der Waals surface area (Å²) in [4.78, 5) is 12.7. The minimum Gasteiger partial charge on any atom is -0.440 e. The maximum Gasteiger partial charge on any atom is 0.261 e. The molecule has 3 rings (SSSR count). The SMILES string of the molecule is Clc1cc(Sc2ncco2)nc(-c2ccccc2)n1. The van der Waals surface area contributed by atoms with Crippen LogP contribution in [0.15, 0.2) is 63.5 Å². The van der Waals surface area contributed by atoms with Crippen molar-refractivity contribution in [1.82, 2.24) is 15.0 Å². The van der Waals surface area contributed by atoms with Crippen molar-refractivity contribution in [3.8, 4) is 11.4 Å². The molecule has 0 aliphatic carbocycles. The van der Waals surface area contributed by atoms with Gasteiger partial charge < -0.3 is 4.42 Å². The van der Waals surface area contributed by atoms with E-state index in [1.54, 1.807) is 12.3 Å². The fourth-order valence-electron chi connectivity index (χ4n) is 1.52. The zero-order valence-electron chi connectivity index (χ0n) is 9.65. The van der Waals surface area contributed by atoms with Crippen LogP contribution in [-0.4, -0.2) is 15.0 Å². The zero-order valence-corrected chi connectivity index (χ0v) is 11.2. The average molecular weight is 290 g/mol. The summed E-state index contributed by atoms with van der Waals surface area (Å²) >= 11 is 7.33. The van der Waals surface area contributed by atoms with E-state index >= 15 is 0 Å². The molecule has 1 aromatic carbocycles. The summed E-state index contributed by atoms with van der Waals surface area (Å²) in [5.41, 5.74) is 0.916. The Morgan fingerprint density at radius 3 is 2.68 bits per heavy atom. The number of benzene rings is 1. The largest absolute Gasteiger partial charge is 0.440 e. The maximum absolute atomic E-state index is 6.02. The van der Waals surface area contributed by atoms with Gasteiger partial charge in [0.1, 0.15) is 16.4 Å². The van der Waals surface area contributed by atoms with Gasteiger partial charge in [-0.1, -0.05) is 41.9 Å². The van der Waals surface area contributed by atoms with E-state index in [0.29, 0.717) is 21.2 Å². The molecule has 0 aliphatic heterocycles. The quantitative estimate of drug-likeness (QED) is 0.684. The maximum atomic E-state index is 6.02. The van der Waals surface area contributed by atoms with Gasteiger partial charge in [0.15, 0.2) is 5.82 Å². The van der Waals surface area contributed by atoms with Crippen molar-refractivity contribution in [3.63, 3.8) is 0 Å². The Hall–Kier alpha value is -1.85. The first-order valence-electron chi connectivity index (χ1n) is 5.48. The van der Waals surface area contributed by atoms with Gasteiger partial charge in [0.05, 0.1) is 6.20 Å². The molecule has 0 saturated carbocycles. The highest BCUT2D eigenvalue weighted by Gasteiger charge is 2.09. The van der Waals surface area contributed by atoms with E-state index in [9.17, 15) is 0 Å². The van der Waals surface area contributed by atoms with E-state index in [0.717, 1.165) is 5.56 Å². The molecule has 0 saturated heterocycles. The second-order valence-electron chi connectivity index (χ2n) is 3.62. The highest BCUT2D eigenvalue weighted by Crippen LogP contribution is 2.28. The van der Waals surface area contributed by atoms with E-state index in [4.69, 9.17) is 16.0 Å². The molecule has 0 aliphatic rings. The van der Waals surface area contributed by atoms with Crippen molar-refractivity contribution in [2.45, 2.75) is 10.2 Å². The molecule has 19 heavy (non-hydrogen) atoms. The summed E-state index contributed by atoms with van der Waals surface area (Å²) in [5, 5.41) is 1.61. The van der Waals surface area contributed by atoms with Crippen LogP contribution < -0.4 is 0 Å². The Labute approximate surface area is 118 Å². The van der Waals surface area contributed by atoms with Gasteiger partial charge in [0, 0.05) is 11.6 Å². The summed E-state index contributed by atoms with van der Waals surface area (Å²) in [7, 11) is 0. The van der Waals surface area contributed by atoms with Gasteiger partial charge in [0.2, 0.25) is 0 Å². The Morgan fingerprint density at radius 2 is 1.95 bits per heavy atom. The fourth-order valence-corrected chi connectivity index (χ4v) is 2.46. The van der Waals surface area contributed by atoms with Gasteiger partial charge in [-0.2, -0.15) is 0 Å². The Kier molecular flexibility index (Phi) is 3.48. The molecule has 0 N–H and O–H groups in total. The normalized spacial score (nSPS) is 10.6. The molecule has 6 heteroatoms. The number of oxazole rings is 1. The molecule has 94 valence electrons. The molecule has 3 aromatic rings. The first kappa shape index (κ1) is 12.2. The smallest absolute Gasteiger partial charge is 0.261 e. The molecule has 0 amide bonds. The Balaban J connectivity index is 1.97. The van der Waals surface area contributed by atoms with Crippen molar-refractivity contribution in [2.75, 3.05) is 0 Å². The van der Waals surface area contributed by atoms with Crippen LogP contribution in [0.4, 0.5) is 0 Å². The summed E-state index contributed by atoms with van der Waals surface area (Å²) in [6, 6.07) is 11.4. The van der Waals surface area contributed by atoms with Gasteiger partial charge >= 0.3 is 0 Å². The molecule has 4 nitrogen and oxygen atoms in total. The summed E-state index contributed by atoms with van der Waals surface area (Å²) in [5.74, 6) is 0.585. The molecule has 0 fully saturated rings. The van der Waals surface area contributed by atoms with Crippen molar-refractivity contribution < 1.29 is 4.42 Å². The van der Waals surface area contributed by atoms with Gasteiger partial charge in [-0.05, 0) is 11.8 Å². The second kappa shape index (κ2) is 5.42. The van der Waals surface area contributed by atoms with Crippen LogP contribution >= 0.6 is 23.4 Å². The van der Waals surface area contributed by atoms with E-state index < -0.39 is 0 Å². The lowest BCUT2D eigenvalue weighted by atomic mass is 10.2. The van der Waals surface area contributed by atoms with E-state index in [-0.39, 0.29) is 0 Å². The van der Waals surface area contributed by atoms with Gasteiger partial charge in [0.25, 0.3) is 5.22 Å². The van der Waals surface area contributed by atoms with Gasteiger partial charge in [-0.3, -0.25) is 0 Å². The van der Waals surface area contributed by atoms with Crippen LogP contribution in [0.5, 0.6) is 0 Å². The lowest BCUT2D eigenvalue weighted by Gasteiger charge is -2.03. The van der Waals surface area contributed by atoms with Gasteiger partial charge in [-0.15, -0.1) is 0 Å². The van der Waals surface area contributed by atoms with Gasteiger partial charge in [-0.25, -0.2) is 15.0 Å². The first-order chi connectivity index (χ1) is 9.31. The molecule has 0 radical (unpaired) electrons. The number of halogens is 1. The number of hydrogen-bond donors (Lipinski definition) is 0.